The second-order valence-electron chi connectivity index (χ2n) is 7.32. The maximum Gasteiger partial charge on any atom is 0.240 e. The van der Waals surface area contributed by atoms with Crippen molar-refractivity contribution in [1.82, 2.24) is 15.1 Å². The number of amides is 1. The Kier molecular flexibility index (Phi) is 3.80. The predicted molar refractivity (Wildman–Crippen MR) is 80.3 cm³/mol. The van der Waals surface area contributed by atoms with Gasteiger partial charge in [0.2, 0.25) is 5.91 Å². The zero-order chi connectivity index (χ0) is 14.3. The van der Waals surface area contributed by atoms with E-state index in [2.05, 4.69) is 29.2 Å². The summed E-state index contributed by atoms with van der Waals surface area (Å²) in [6.07, 6.45) is 9.28. The van der Waals surface area contributed by atoms with Gasteiger partial charge in [0.25, 0.3) is 0 Å². The third-order valence-electron chi connectivity index (χ3n) is 5.95. The van der Waals surface area contributed by atoms with E-state index in [0.717, 1.165) is 6.54 Å². The Labute approximate surface area is 122 Å². The summed E-state index contributed by atoms with van der Waals surface area (Å²) in [5.74, 6) is 0.984. The van der Waals surface area contributed by atoms with Gasteiger partial charge in [0.05, 0.1) is 12.2 Å². The molecule has 2 unspecified atom stereocenters. The first-order chi connectivity index (χ1) is 9.53. The smallest absolute Gasteiger partial charge is 0.240 e. The van der Waals surface area contributed by atoms with Crippen molar-refractivity contribution in [2.24, 2.45) is 5.92 Å². The molecule has 114 valence electrons. The van der Waals surface area contributed by atoms with Gasteiger partial charge in [-0.25, -0.2) is 0 Å². The Morgan fingerprint density at radius 2 is 1.90 bits per heavy atom. The molecule has 0 aromatic rings. The molecule has 4 nitrogen and oxygen atoms in total. The number of carbonyl (C=O) groups is 1. The Morgan fingerprint density at radius 3 is 2.40 bits per heavy atom. The monoisotopic (exact) mass is 279 g/mol. The number of hydrogen-bond donors (Lipinski definition) is 1. The summed E-state index contributed by atoms with van der Waals surface area (Å²) >= 11 is 0. The Hall–Kier alpha value is -0.610. The number of likely N-dealkylation sites (N-methyl/N-ethyl adjacent to an activating group) is 1. The molecule has 2 saturated carbocycles. The van der Waals surface area contributed by atoms with Crippen LogP contribution in [0.5, 0.6) is 0 Å². The molecule has 0 bridgehead atoms. The van der Waals surface area contributed by atoms with E-state index in [4.69, 9.17) is 0 Å². The van der Waals surface area contributed by atoms with E-state index < -0.39 is 0 Å². The first kappa shape index (κ1) is 14.3. The van der Waals surface area contributed by atoms with Crippen LogP contribution in [0.4, 0.5) is 0 Å². The molecular formula is C16H29N3O. The molecule has 1 amide bonds. The van der Waals surface area contributed by atoms with Gasteiger partial charge in [-0.2, -0.15) is 0 Å². The third-order valence-corrected chi connectivity index (χ3v) is 5.95. The summed E-state index contributed by atoms with van der Waals surface area (Å²) in [5.41, 5.74) is 0.234. The van der Waals surface area contributed by atoms with Crippen molar-refractivity contribution < 1.29 is 4.79 Å². The fourth-order valence-corrected chi connectivity index (χ4v) is 4.29. The molecule has 0 aromatic carbocycles. The normalized spacial score (nSPS) is 34.0. The van der Waals surface area contributed by atoms with E-state index in [-0.39, 0.29) is 17.7 Å². The number of nitrogens with one attached hydrogen (secondary N) is 1. The zero-order valence-electron chi connectivity index (χ0n) is 13.2. The van der Waals surface area contributed by atoms with Gasteiger partial charge >= 0.3 is 0 Å². The SMILES string of the molecule is CC1NC(C2CCCC2)N(CC2(N(C)C)CCC2)C1=O. The van der Waals surface area contributed by atoms with Crippen molar-refractivity contribution in [2.75, 3.05) is 20.6 Å². The molecule has 1 N–H and O–H groups in total. The molecule has 3 aliphatic rings. The topological polar surface area (TPSA) is 35.6 Å². The largest absolute Gasteiger partial charge is 0.324 e. The van der Waals surface area contributed by atoms with Crippen LogP contribution in [0.1, 0.15) is 51.9 Å². The summed E-state index contributed by atoms with van der Waals surface area (Å²) in [4.78, 5) is 17.1. The molecule has 4 heteroatoms. The second kappa shape index (κ2) is 5.30. The van der Waals surface area contributed by atoms with Crippen LogP contribution in [-0.4, -0.2) is 54.1 Å². The number of nitrogens with zero attached hydrogens (tertiary/aromatic N) is 2. The lowest BCUT2D eigenvalue weighted by Crippen LogP contribution is -2.59. The average molecular weight is 279 g/mol. The summed E-state index contributed by atoms with van der Waals surface area (Å²) in [6.45, 7) is 2.94. The van der Waals surface area contributed by atoms with Gasteiger partial charge in [0.15, 0.2) is 0 Å². The van der Waals surface area contributed by atoms with Crippen molar-refractivity contribution in [3.63, 3.8) is 0 Å². The summed E-state index contributed by atoms with van der Waals surface area (Å²) < 4.78 is 0. The summed E-state index contributed by atoms with van der Waals surface area (Å²) in [7, 11) is 4.34. The standard InChI is InChI=1S/C16H29N3O/c1-12-15(20)19(11-16(18(2)3)9-6-10-16)14(17-12)13-7-4-5-8-13/h12-14,17H,4-11H2,1-3H3. The van der Waals surface area contributed by atoms with Crippen molar-refractivity contribution in [1.29, 1.82) is 0 Å². The van der Waals surface area contributed by atoms with Crippen molar-refractivity contribution in [3.8, 4) is 0 Å². The lowest BCUT2D eigenvalue weighted by molar-refractivity contribution is -0.133. The molecule has 1 aliphatic heterocycles. The highest BCUT2D eigenvalue weighted by Crippen LogP contribution is 2.39. The van der Waals surface area contributed by atoms with E-state index in [1.165, 1.54) is 44.9 Å². The quantitative estimate of drug-likeness (QED) is 0.852. The van der Waals surface area contributed by atoms with Gasteiger partial charge in [0.1, 0.15) is 0 Å². The minimum atomic E-state index is -0.000103. The molecule has 3 fully saturated rings. The molecule has 2 aliphatic carbocycles. The van der Waals surface area contributed by atoms with Crippen LogP contribution < -0.4 is 5.32 Å². The Bertz CT molecular complexity index is 372. The zero-order valence-corrected chi connectivity index (χ0v) is 13.2. The molecule has 1 heterocycles. The third kappa shape index (κ3) is 2.27. The first-order valence-corrected chi connectivity index (χ1v) is 8.27. The van der Waals surface area contributed by atoms with E-state index in [1.54, 1.807) is 0 Å². The molecule has 3 rings (SSSR count). The lowest BCUT2D eigenvalue weighted by atomic mass is 9.75. The molecule has 2 atom stereocenters. The van der Waals surface area contributed by atoms with Crippen LogP contribution in [-0.2, 0) is 4.79 Å². The molecule has 0 radical (unpaired) electrons. The second-order valence-corrected chi connectivity index (χ2v) is 7.32. The van der Waals surface area contributed by atoms with Crippen LogP contribution >= 0.6 is 0 Å². The highest BCUT2D eigenvalue weighted by atomic mass is 16.2. The Balaban J connectivity index is 1.75. The van der Waals surface area contributed by atoms with Gasteiger partial charge < -0.3 is 9.80 Å². The van der Waals surface area contributed by atoms with Crippen LogP contribution in [0.3, 0.4) is 0 Å². The highest BCUT2D eigenvalue weighted by molar-refractivity contribution is 5.84. The van der Waals surface area contributed by atoms with Crippen molar-refractivity contribution >= 4 is 5.91 Å². The Morgan fingerprint density at radius 1 is 1.25 bits per heavy atom. The number of carbonyl (C=O) groups excluding carboxylic acids is 1. The molecule has 1 saturated heterocycles. The maximum atomic E-state index is 12.6. The van der Waals surface area contributed by atoms with Crippen LogP contribution in [0.25, 0.3) is 0 Å². The fraction of sp³-hybridized carbons (Fsp3) is 0.938. The summed E-state index contributed by atoms with van der Waals surface area (Å²) in [6, 6.07) is -0.000103. The van der Waals surface area contributed by atoms with Gasteiger partial charge in [-0.05, 0) is 59.0 Å². The minimum Gasteiger partial charge on any atom is -0.324 e. The molecular weight excluding hydrogens is 250 g/mol. The summed E-state index contributed by atoms with van der Waals surface area (Å²) in [5, 5.41) is 3.56. The first-order valence-electron chi connectivity index (χ1n) is 8.27. The molecule has 0 aromatic heterocycles. The average Bonchev–Trinajstić information content (AvgIpc) is 2.95. The van der Waals surface area contributed by atoms with Crippen LogP contribution in [0, 0.1) is 5.92 Å². The predicted octanol–water partition coefficient (Wildman–Crippen LogP) is 1.81. The van der Waals surface area contributed by atoms with E-state index in [9.17, 15) is 4.79 Å². The van der Waals surface area contributed by atoms with Gasteiger partial charge in [0, 0.05) is 12.1 Å². The number of rotatable bonds is 4. The molecule has 0 spiro atoms. The van der Waals surface area contributed by atoms with Crippen molar-refractivity contribution in [3.05, 3.63) is 0 Å². The van der Waals surface area contributed by atoms with Crippen molar-refractivity contribution in [2.45, 2.75) is 69.6 Å². The number of hydrogen-bond acceptors (Lipinski definition) is 3. The maximum absolute atomic E-state index is 12.6. The van der Waals surface area contributed by atoms with Gasteiger partial charge in [-0.1, -0.05) is 12.8 Å². The van der Waals surface area contributed by atoms with E-state index >= 15 is 0 Å². The van der Waals surface area contributed by atoms with E-state index in [0.29, 0.717) is 11.8 Å². The van der Waals surface area contributed by atoms with E-state index in [1.807, 2.05) is 6.92 Å². The lowest BCUT2D eigenvalue weighted by Gasteiger charge is -2.50. The minimum absolute atomic E-state index is 0.000103. The fourth-order valence-electron chi connectivity index (χ4n) is 4.29. The van der Waals surface area contributed by atoms with Gasteiger partial charge in [-0.15, -0.1) is 0 Å². The van der Waals surface area contributed by atoms with Crippen LogP contribution in [0.2, 0.25) is 0 Å². The molecule has 20 heavy (non-hydrogen) atoms. The van der Waals surface area contributed by atoms with Gasteiger partial charge in [-0.3, -0.25) is 10.1 Å². The van der Waals surface area contributed by atoms with Crippen LogP contribution in [0.15, 0.2) is 0 Å². The highest BCUT2D eigenvalue weighted by Gasteiger charge is 2.48.